The molecule has 2 fully saturated rings. The van der Waals surface area contributed by atoms with Gasteiger partial charge in [-0.05, 0) is 74.3 Å². The van der Waals surface area contributed by atoms with Gasteiger partial charge in [0.2, 0.25) is 0 Å². The average molecular weight is 539 g/mol. The fraction of sp³-hybridized carbons (Fsp3) is 0.448. The number of nitrogens with zero attached hydrogens (tertiary/aromatic N) is 3. The molecular formula is C29H32F2N4O4. The second-order valence-electron chi connectivity index (χ2n) is 10.9. The number of hydrogen-bond acceptors (Lipinski definition) is 5. The summed E-state index contributed by atoms with van der Waals surface area (Å²) in [6.07, 6.45) is 4.85. The van der Waals surface area contributed by atoms with Crippen LogP contribution in [0.4, 0.5) is 13.6 Å². The summed E-state index contributed by atoms with van der Waals surface area (Å²) >= 11 is 0. The summed E-state index contributed by atoms with van der Waals surface area (Å²) in [4.78, 5) is 36.7. The lowest BCUT2D eigenvalue weighted by atomic mass is 9.81. The predicted molar refractivity (Wildman–Crippen MR) is 141 cm³/mol. The van der Waals surface area contributed by atoms with Crippen molar-refractivity contribution in [3.8, 4) is 11.5 Å². The molecule has 2 aromatic carbocycles. The molecule has 2 N–H and O–H groups in total. The van der Waals surface area contributed by atoms with Crippen molar-refractivity contribution in [2.24, 2.45) is 0 Å². The number of amides is 3. The van der Waals surface area contributed by atoms with Crippen molar-refractivity contribution in [3.05, 3.63) is 59.3 Å². The van der Waals surface area contributed by atoms with Crippen molar-refractivity contribution in [1.29, 1.82) is 0 Å². The van der Waals surface area contributed by atoms with E-state index in [-0.39, 0.29) is 29.9 Å². The van der Waals surface area contributed by atoms with Crippen LogP contribution in [0.1, 0.15) is 55.5 Å². The second-order valence-corrected chi connectivity index (χ2v) is 10.9. The summed E-state index contributed by atoms with van der Waals surface area (Å²) in [5.74, 6) is -0.206. The number of hydrogen-bond donors (Lipinski definition) is 2. The predicted octanol–water partition coefficient (Wildman–Crippen LogP) is 5.02. The number of phenols is 1. The maximum atomic E-state index is 14.0. The Morgan fingerprint density at radius 3 is 2.56 bits per heavy atom. The van der Waals surface area contributed by atoms with E-state index in [1.807, 2.05) is 6.07 Å². The van der Waals surface area contributed by atoms with Crippen molar-refractivity contribution < 1.29 is 28.2 Å². The van der Waals surface area contributed by atoms with E-state index in [1.54, 1.807) is 42.2 Å². The lowest BCUT2D eigenvalue weighted by Crippen LogP contribution is -2.53. The fourth-order valence-corrected chi connectivity index (χ4v) is 6.51. The standard InChI is InChI=1S/C29H32F2N4O4/c1-29-17-22-21-16-20(39-27(30)31)9-10-23(21)32-24(22)25(18-7-6-8-19(36)15-18)35(29)28(38)34(26(29)37)14-13-33-11-4-2-3-5-12-33/h6-10,15-16,25,27,32,36H,2-5,11-14,17H2,1H3/t25?,29-/m0/s1. The average Bonchev–Trinajstić information content (AvgIpc) is 3.17. The van der Waals surface area contributed by atoms with Crippen molar-refractivity contribution >= 4 is 22.8 Å². The molecule has 0 aliphatic carbocycles. The number of urea groups is 1. The number of nitrogens with one attached hydrogen (secondary N) is 1. The van der Waals surface area contributed by atoms with Gasteiger partial charge in [0, 0.05) is 36.1 Å². The van der Waals surface area contributed by atoms with Gasteiger partial charge in [-0.15, -0.1) is 0 Å². The molecule has 3 aliphatic heterocycles. The van der Waals surface area contributed by atoms with E-state index >= 15 is 0 Å². The van der Waals surface area contributed by atoms with E-state index in [0.717, 1.165) is 31.5 Å². The van der Waals surface area contributed by atoms with Gasteiger partial charge in [0.05, 0.1) is 0 Å². The SMILES string of the molecule is C[C@@]12Cc3c([nH]c4ccc(OC(F)F)cc34)C(c3cccc(O)c3)N1C(=O)N(CCN1CCCCCC1)C2=O. The number of benzene rings is 2. The van der Waals surface area contributed by atoms with Gasteiger partial charge in [-0.2, -0.15) is 8.78 Å². The van der Waals surface area contributed by atoms with E-state index in [9.17, 15) is 23.5 Å². The molecule has 2 saturated heterocycles. The first-order valence-electron chi connectivity index (χ1n) is 13.5. The molecule has 1 aromatic heterocycles. The van der Waals surface area contributed by atoms with E-state index in [4.69, 9.17) is 0 Å². The normalized spacial score (nSPS) is 23.8. The largest absolute Gasteiger partial charge is 0.508 e. The summed E-state index contributed by atoms with van der Waals surface area (Å²) in [6, 6.07) is 10.3. The first-order valence-corrected chi connectivity index (χ1v) is 13.5. The fourth-order valence-electron chi connectivity index (χ4n) is 6.51. The smallest absolute Gasteiger partial charge is 0.387 e. The van der Waals surface area contributed by atoms with Gasteiger partial charge in [-0.1, -0.05) is 25.0 Å². The van der Waals surface area contributed by atoms with Gasteiger partial charge in [0.15, 0.2) is 0 Å². The van der Waals surface area contributed by atoms with E-state index in [2.05, 4.69) is 14.6 Å². The monoisotopic (exact) mass is 538 g/mol. The Balaban J connectivity index is 1.42. The minimum Gasteiger partial charge on any atom is -0.508 e. The van der Waals surface area contributed by atoms with Gasteiger partial charge in [0.25, 0.3) is 5.91 Å². The number of phenolic OH excluding ortho intramolecular Hbond substituents is 1. The molecule has 0 saturated carbocycles. The molecule has 3 aromatic rings. The molecule has 6 rings (SSSR count). The second kappa shape index (κ2) is 9.82. The molecule has 0 spiro atoms. The number of aromatic nitrogens is 1. The summed E-state index contributed by atoms with van der Waals surface area (Å²) in [7, 11) is 0. The highest BCUT2D eigenvalue weighted by Gasteiger charge is 2.60. The Kier molecular flexibility index (Phi) is 6.45. The zero-order valence-corrected chi connectivity index (χ0v) is 21.8. The molecule has 10 heteroatoms. The number of aromatic hydroxyl groups is 1. The lowest BCUT2D eigenvalue weighted by molar-refractivity contribution is -0.133. The van der Waals surface area contributed by atoms with E-state index < -0.39 is 18.2 Å². The van der Waals surface area contributed by atoms with Crippen LogP contribution in [-0.2, 0) is 11.2 Å². The number of alkyl halides is 2. The molecule has 39 heavy (non-hydrogen) atoms. The van der Waals surface area contributed by atoms with Crippen LogP contribution >= 0.6 is 0 Å². The number of likely N-dealkylation sites (tertiary alicyclic amines) is 1. The van der Waals surface area contributed by atoms with Crippen LogP contribution < -0.4 is 4.74 Å². The van der Waals surface area contributed by atoms with Crippen molar-refractivity contribution in [2.45, 2.75) is 57.2 Å². The Morgan fingerprint density at radius 2 is 1.85 bits per heavy atom. The lowest BCUT2D eigenvalue weighted by Gasteiger charge is -2.42. The van der Waals surface area contributed by atoms with Crippen LogP contribution in [0.15, 0.2) is 42.5 Å². The quantitative estimate of drug-likeness (QED) is 0.431. The maximum Gasteiger partial charge on any atom is 0.387 e. The number of fused-ring (bicyclic) bond motifs is 4. The number of carbonyl (C=O) groups excluding carboxylic acids is 2. The summed E-state index contributed by atoms with van der Waals surface area (Å²) in [5, 5.41) is 11.0. The molecule has 2 atom stereocenters. The zero-order chi connectivity index (χ0) is 27.3. The summed E-state index contributed by atoms with van der Waals surface area (Å²) < 4.78 is 30.6. The van der Waals surface area contributed by atoms with Crippen molar-refractivity contribution in [2.75, 3.05) is 26.2 Å². The Morgan fingerprint density at radius 1 is 1.08 bits per heavy atom. The van der Waals surface area contributed by atoms with Crippen LogP contribution in [0.5, 0.6) is 11.5 Å². The summed E-state index contributed by atoms with van der Waals surface area (Å²) in [6.45, 7) is 1.66. The number of carbonyl (C=O) groups is 2. The first-order chi connectivity index (χ1) is 18.8. The van der Waals surface area contributed by atoms with Gasteiger partial charge in [0.1, 0.15) is 23.1 Å². The Bertz CT molecular complexity index is 1420. The molecule has 3 aliphatic rings. The third kappa shape index (κ3) is 4.40. The molecule has 0 radical (unpaired) electrons. The molecule has 3 amide bonds. The number of halogens is 2. The highest BCUT2D eigenvalue weighted by atomic mass is 19.3. The highest BCUT2D eigenvalue weighted by Crippen LogP contribution is 2.49. The topological polar surface area (TPSA) is 89.1 Å². The number of H-pyrrole nitrogens is 1. The van der Waals surface area contributed by atoms with Crippen LogP contribution in [0.25, 0.3) is 10.9 Å². The van der Waals surface area contributed by atoms with Crippen LogP contribution in [0.3, 0.4) is 0 Å². The highest BCUT2D eigenvalue weighted by molar-refractivity contribution is 6.08. The number of rotatable bonds is 6. The molecular weight excluding hydrogens is 506 g/mol. The first kappa shape index (κ1) is 25.6. The Labute approximate surface area is 225 Å². The third-order valence-electron chi connectivity index (χ3n) is 8.39. The van der Waals surface area contributed by atoms with Gasteiger partial charge in [-0.25, -0.2) is 4.79 Å². The van der Waals surface area contributed by atoms with Crippen molar-refractivity contribution in [1.82, 2.24) is 19.7 Å². The molecule has 4 heterocycles. The number of aromatic amines is 1. The molecule has 1 unspecified atom stereocenters. The minimum absolute atomic E-state index is 0.0219. The number of ether oxygens (including phenoxy) is 1. The Hall–Kier alpha value is -3.66. The summed E-state index contributed by atoms with van der Waals surface area (Å²) in [5.41, 5.74) is 1.61. The van der Waals surface area contributed by atoms with E-state index in [0.29, 0.717) is 35.2 Å². The minimum atomic E-state index is -2.96. The van der Waals surface area contributed by atoms with Crippen LogP contribution in [0, 0.1) is 0 Å². The zero-order valence-electron chi connectivity index (χ0n) is 21.8. The van der Waals surface area contributed by atoms with Crippen LogP contribution in [-0.4, -0.2) is 75.1 Å². The molecule has 8 nitrogen and oxygen atoms in total. The number of imide groups is 1. The molecule has 0 bridgehead atoms. The van der Waals surface area contributed by atoms with Gasteiger partial charge < -0.3 is 19.7 Å². The van der Waals surface area contributed by atoms with Crippen LogP contribution in [0.2, 0.25) is 0 Å². The third-order valence-corrected chi connectivity index (χ3v) is 8.39. The van der Waals surface area contributed by atoms with Crippen molar-refractivity contribution in [3.63, 3.8) is 0 Å². The van der Waals surface area contributed by atoms with Gasteiger partial charge >= 0.3 is 12.6 Å². The van der Waals surface area contributed by atoms with Gasteiger partial charge in [-0.3, -0.25) is 14.6 Å². The van der Waals surface area contributed by atoms with E-state index in [1.165, 1.54) is 23.8 Å². The molecule has 206 valence electrons. The maximum absolute atomic E-state index is 14.0.